The fourth-order valence-corrected chi connectivity index (χ4v) is 3.34. The maximum Gasteiger partial charge on any atom is 0.133 e. The summed E-state index contributed by atoms with van der Waals surface area (Å²) >= 11 is 6.31. The highest BCUT2D eigenvalue weighted by Gasteiger charge is 2.06. The Kier molecular flexibility index (Phi) is 6.82. The van der Waals surface area contributed by atoms with Gasteiger partial charge in [-0.15, -0.1) is 0 Å². The first-order valence-electron chi connectivity index (χ1n) is 9.21. The third kappa shape index (κ3) is 5.17. The fraction of sp³-hybridized carbons (Fsp3) is 0.261. The second-order valence-electron chi connectivity index (χ2n) is 6.58. The molecule has 1 N–H and O–H groups in total. The van der Waals surface area contributed by atoms with Crippen molar-refractivity contribution in [1.29, 1.82) is 0 Å². The Hall–Kier alpha value is -2.16. The lowest BCUT2D eigenvalue weighted by molar-refractivity contribution is 0.683. The van der Waals surface area contributed by atoms with Gasteiger partial charge >= 0.3 is 0 Å². The summed E-state index contributed by atoms with van der Waals surface area (Å²) in [6, 6.07) is 21.2. The van der Waals surface area contributed by atoms with Crippen molar-refractivity contribution in [1.82, 2.24) is 10.3 Å². The number of rotatable bonds is 8. The summed E-state index contributed by atoms with van der Waals surface area (Å²) in [4.78, 5) is 4.37. The smallest absolute Gasteiger partial charge is 0.133 e. The topological polar surface area (TPSA) is 24.9 Å². The summed E-state index contributed by atoms with van der Waals surface area (Å²) in [6.07, 6.45) is 5.02. The van der Waals surface area contributed by atoms with E-state index in [-0.39, 0.29) is 0 Å². The lowest BCUT2D eigenvalue weighted by atomic mass is 10.0. The third-order valence-corrected chi connectivity index (χ3v) is 4.83. The maximum atomic E-state index is 6.31. The Morgan fingerprint density at radius 3 is 2.31 bits per heavy atom. The SMILES string of the molecule is CCCc1ccccc1CNCc1cc(Cc2ccccc2)cnc1Cl. The van der Waals surface area contributed by atoms with Crippen molar-refractivity contribution in [2.45, 2.75) is 39.3 Å². The molecule has 0 radical (unpaired) electrons. The van der Waals surface area contributed by atoms with Gasteiger partial charge in [0.05, 0.1) is 0 Å². The molecule has 0 aliphatic rings. The number of pyridine rings is 1. The van der Waals surface area contributed by atoms with Crippen LogP contribution in [0.15, 0.2) is 66.9 Å². The largest absolute Gasteiger partial charge is 0.308 e. The highest BCUT2D eigenvalue weighted by Crippen LogP contribution is 2.17. The molecule has 0 aliphatic carbocycles. The van der Waals surface area contributed by atoms with Gasteiger partial charge in [-0.25, -0.2) is 4.98 Å². The molecule has 0 saturated heterocycles. The Labute approximate surface area is 161 Å². The van der Waals surface area contributed by atoms with Crippen molar-refractivity contribution in [2.75, 3.05) is 0 Å². The second kappa shape index (κ2) is 9.51. The predicted octanol–water partition coefficient (Wildman–Crippen LogP) is 5.57. The molecule has 26 heavy (non-hydrogen) atoms. The molecule has 0 bridgehead atoms. The van der Waals surface area contributed by atoms with Crippen LogP contribution < -0.4 is 5.32 Å². The van der Waals surface area contributed by atoms with Crippen molar-refractivity contribution < 1.29 is 0 Å². The number of nitrogens with zero attached hydrogens (tertiary/aromatic N) is 1. The minimum atomic E-state index is 0.580. The zero-order chi connectivity index (χ0) is 18.2. The monoisotopic (exact) mass is 364 g/mol. The number of hydrogen-bond donors (Lipinski definition) is 1. The fourth-order valence-electron chi connectivity index (χ4n) is 3.17. The van der Waals surface area contributed by atoms with Crippen molar-refractivity contribution in [3.05, 3.63) is 99.8 Å². The van der Waals surface area contributed by atoms with Gasteiger partial charge in [0.1, 0.15) is 5.15 Å². The second-order valence-corrected chi connectivity index (χ2v) is 6.94. The van der Waals surface area contributed by atoms with E-state index in [2.05, 4.69) is 71.8 Å². The molecule has 3 aromatic rings. The van der Waals surface area contributed by atoms with Gasteiger partial charge < -0.3 is 5.32 Å². The summed E-state index contributed by atoms with van der Waals surface area (Å²) in [6.45, 7) is 3.78. The summed E-state index contributed by atoms with van der Waals surface area (Å²) in [5, 5.41) is 4.10. The van der Waals surface area contributed by atoms with Crippen LogP contribution in [0.3, 0.4) is 0 Å². The first kappa shape index (κ1) is 18.6. The molecule has 0 amide bonds. The van der Waals surface area contributed by atoms with E-state index < -0.39 is 0 Å². The molecular formula is C23H25ClN2. The van der Waals surface area contributed by atoms with Crippen LogP contribution in [-0.4, -0.2) is 4.98 Å². The van der Waals surface area contributed by atoms with E-state index in [1.807, 2.05) is 12.3 Å². The first-order chi connectivity index (χ1) is 12.8. The van der Waals surface area contributed by atoms with Crippen LogP contribution in [0.25, 0.3) is 0 Å². The molecule has 0 fully saturated rings. The Morgan fingerprint density at radius 1 is 0.846 bits per heavy atom. The summed E-state index contributed by atoms with van der Waals surface area (Å²) < 4.78 is 0. The average Bonchev–Trinajstić information content (AvgIpc) is 2.67. The standard InChI is InChI=1S/C23H25ClN2/c1-2-8-20-11-6-7-12-21(20)16-25-17-22-14-19(15-26-23(22)24)13-18-9-4-3-5-10-18/h3-7,9-12,14-15,25H,2,8,13,16-17H2,1H3. The lowest BCUT2D eigenvalue weighted by Crippen LogP contribution is -2.15. The number of benzene rings is 2. The zero-order valence-electron chi connectivity index (χ0n) is 15.2. The minimum absolute atomic E-state index is 0.580. The molecule has 0 atom stereocenters. The number of hydrogen-bond acceptors (Lipinski definition) is 2. The van der Waals surface area contributed by atoms with Crippen LogP contribution in [0.2, 0.25) is 5.15 Å². The quantitative estimate of drug-likeness (QED) is 0.528. The molecule has 1 aromatic heterocycles. The van der Waals surface area contributed by atoms with Crippen LogP contribution in [0.1, 0.15) is 41.2 Å². The molecule has 0 unspecified atom stereocenters. The van der Waals surface area contributed by atoms with Crippen LogP contribution >= 0.6 is 11.6 Å². The van der Waals surface area contributed by atoms with Gasteiger partial charge in [0.2, 0.25) is 0 Å². The van der Waals surface area contributed by atoms with E-state index in [1.54, 1.807) is 0 Å². The van der Waals surface area contributed by atoms with E-state index in [0.29, 0.717) is 5.15 Å². The van der Waals surface area contributed by atoms with Crippen molar-refractivity contribution in [2.24, 2.45) is 0 Å². The van der Waals surface area contributed by atoms with E-state index in [4.69, 9.17) is 11.6 Å². The van der Waals surface area contributed by atoms with Crippen molar-refractivity contribution >= 4 is 11.6 Å². The maximum absolute atomic E-state index is 6.31. The summed E-state index contributed by atoms with van der Waals surface area (Å²) in [5.74, 6) is 0. The number of aryl methyl sites for hydroxylation is 1. The van der Waals surface area contributed by atoms with Crippen LogP contribution in [0, 0.1) is 0 Å². The van der Waals surface area contributed by atoms with Gasteiger partial charge in [-0.05, 0) is 41.2 Å². The average molecular weight is 365 g/mol. The molecule has 134 valence electrons. The Bertz CT molecular complexity index is 831. The van der Waals surface area contributed by atoms with Gasteiger partial charge in [-0.2, -0.15) is 0 Å². The molecule has 2 aromatic carbocycles. The summed E-state index contributed by atoms with van der Waals surface area (Å²) in [7, 11) is 0. The van der Waals surface area contributed by atoms with Crippen LogP contribution in [-0.2, 0) is 25.9 Å². The third-order valence-electron chi connectivity index (χ3n) is 4.49. The van der Waals surface area contributed by atoms with Gasteiger partial charge in [0, 0.05) is 24.8 Å². The number of aromatic nitrogens is 1. The molecule has 2 nitrogen and oxygen atoms in total. The molecule has 0 aliphatic heterocycles. The first-order valence-corrected chi connectivity index (χ1v) is 9.58. The molecule has 0 saturated carbocycles. The number of halogens is 1. The molecular weight excluding hydrogens is 340 g/mol. The van der Waals surface area contributed by atoms with Gasteiger partial charge in [-0.1, -0.05) is 79.5 Å². The van der Waals surface area contributed by atoms with Gasteiger partial charge in [0.15, 0.2) is 0 Å². The Balaban J connectivity index is 1.64. The zero-order valence-corrected chi connectivity index (χ0v) is 16.0. The van der Waals surface area contributed by atoms with Crippen molar-refractivity contribution in [3.8, 4) is 0 Å². The Morgan fingerprint density at radius 2 is 1.54 bits per heavy atom. The predicted molar refractivity (Wildman–Crippen MR) is 109 cm³/mol. The van der Waals surface area contributed by atoms with Crippen molar-refractivity contribution in [3.63, 3.8) is 0 Å². The highest BCUT2D eigenvalue weighted by molar-refractivity contribution is 6.30. The molecule has 1 heterocycles. The molecule has 3 rings (SSSR count). The molecule has 3 heteroatoms. The van der Waals surface area contributed by atoms with E-state index in [1.165, 1.54) is 22.3 Å². The highest BCUT2D eigenvalue weighted by atomic mass is 35.5. The molecule has 0 spiro atoms. The normalized spacial score (nSPS) is 10.8. The summed E-state index contributed by atoms with van der Waals surface area (Å²) in [5.41, 5.74) is 6.30. The lowest BCUT2D eigenvalue weighted by Gasteiger charge is -2.11. The van der Waals surface area contributed by atoms with Gasteiger partial charge in [0.25, 0.3) is 0 Å². The minimum Gasteiger partial charge on any atom is -0.308 e. The van der Waals surface area contributed by atoms with Crippen LogP contribution in [0.5, 0.6) is 0 Å². The number of nitrogens with one attached hydrogen (secondary N) is 1. The van der Waals surface area contributed by atoms with Crippen LogP contribution in [0.4, 0.5) is 0 Å². The van der Waals surface area contributed by atoms with E-state index in [9.17, 15) is 0 Å². The van der Waals surface area contributed by atoms with E-state index in [0.717, 1.165) is 37.9 Å². The van der Waals surface area contributed by atoms with Gasteiger partial charge in [-0.3, -0.25) is 0 Å². The van der Waals surface area contributed by atoms with E-state index >= 15 is 0 Å².